The molecule has 0 saturated heterocycles. The minimum atomic E-state index is 0.0166. The van der Waals surface area contributed by atoms with Crippen LogP contribution in [-0.2, 0) is 24.9 Å². The van der Waals surface area contributed by atoms with Gasteiger partial charge in [-0.15, -0.1) is 11.8 Å². The molecule has 0 radical (unpaired) electrons. The summed E-state index contributed by atoms with van der Waals surface area (Å²) in [6.45, 7) is 2.07. The Labute approximate surface area is 168 Å². The fraction of sp³-hybridized carbons (Fsp3) is 0.333. The summed E-state index contributed by atoms with van der Waals surface area (Å²) in [5, 5.41) is 0.0166. The summed E-state index contributed by atoms with van der Waals surface area (Å²) in [7, 11) is 2.02. The fourth-order valence-electron chi connectivity index (χ4n) is 2.95. The third-order valence-electron chi connectivity index (χ3n) is 4.63. The number of ketones is 1. The zero-order chi connectivity index (χ0) is 19.4. The van der Waals surface area contributed by atoms with Gasteiger partial charge in [-0.1, -0.05) is 12.1 Å². The second-order valence-electron chi connectivity index (χ2n) is 6.41. The van der Waals surface area contributed by atoms with E-state index in [9.17, 15) is 4.79 Å². The summed E-state index contributed by atoms with van der Waals surface area (Å²) in [5.74, 6) is 1.92. The maximum absolute atomic E-state index is 11.6. The highest BCUT2D eigenvalue weighted by molar-refractivity contribution is 7.99. The van der Waals surface area contributed by atoms with E-state index in [1.165, 1.54) is 4.90 Å². The third-order valence-corrected chi connectivity index (χ3v) is 6.42. The van der Waals surface area contributed by atoms with Crippen LogP contribution in [0.4, 0.5) is 0 Å². The molecule has 0 aliphatic heterocycles. The van der Waals surface area contributed by atoms with E-state index in [1.54, 1.807) is 30.4 Å². The molecule has 0 amide bonds. The van der Waals surface area contributed by atoms with Gasteiger partial charge in [0.25, 0.3) is 0 Å². The van der Waals surface area contributed by atoms with Crippen LogP contribution in [-0.4, -0.2) is 33.1 Å². The Bertz CT molecular complexity index is 935. The van der Waals surface area contributed by atoms with Gasteiger partial charge in [0.1, 0.15) is 24.0 Å². The van der Waals surface area contributed by atoms with Crippen molar-refractivity contribution in [1.29, 1.82) is 0 Å². The number of nitrogens with zero attached hydrogens (tertiary/aromatic N) is 2. The standard InChI is InChI=1S/C21H24N2O2S2/c1-14(24)20(27-4)11-15-5-7-16(8-6-15)25-13-21-22-18-10-9-17(26-3)12-19(18)23(21)2/h5-10,12,20H,11,13H2,1-4H3. The van der Waals surface area contributed by atoms with Crippen LogP contribution in [0.2, 0.25) is 0 Å². The Balaban J connectivity index is 1.67. The lowest BCUT2D eigenvalue weighted by Gasteiger charge is -2.11. The predicted molar refractivity (Wildman–Crippen MR) is 115 cm³/mol. The van der Waals surface area contributed by atoms with Gasteiger partial charge in [0, 0.05) is 11.9 Å². The van der Waals surface area contributed by atoms with Gasteiger partial charge in [-0.05, 0) is 61.8 Å². The minimum absolute atomic E-state index is 0.0166. The Morgan fingerprint density at radius 3 is 2.56 bits per heavy atom. The molecule has 0 bridgehead atoms. The van der Waals surface area contributed by atoms with Crippen molar-refractivity contribution in [2.45, 2.75) is 30.1 Å². The van der Waals surface area contributed by atoms with Crippen LogP contribution in [0, 0.1) is 0 Å². The van der Waals surface area contributed by atoms with E-state index in [1.807, 2.05) is 37.6 Å². The van der Waals surface area contributed by atoms with E-state index in [-0.39, 0.29) is 11.0 Å². The summed E-state index contributed by atoms with van der Waals surface area (Å²) in [6, 6.07) is 14.3. The van der Waals surface area contributed by atoms with Gasteiger partial charge >= 0.3 is 0 Å². The molecule has 6 heteroatoms. The zero-order valence-electron chi connectivity index (χ0n) is 16.1. The van der Waals surface area contributed by atoms with Gasteiger partial charge in [-0.25, -0.2) is 4.98 Å². The number of rotatable bonds is 8. The number of carbonyl (C=O) groups excluding carboxylic acids is 1. The fourth-order valence-corrected chi connectivity index (χ4v) is 4.08. The van der Waals surface area contributed by atoms with E-state index in [4.69, 9.17) is 4.74 Å². The second-order valence-corrected chi connectivity index (χ2v) is 8.33. The largest absolute Gasteiger partial charge is 0.486 e. The van der Waals surface area contributed by atoms with Crippen LogP contribution < -0.4 is 4.74 Å². The lowest BCUT2D eigenvalue weighted by Crippen LogP contribution is -2.16. The average molecular weight is 401 g/mol. The highest BCUT2D eigenvalue weighted by Crippen LogP contribution is 2.23. The molecule has 2 aromatic carbocycles. The van der Waals surface area contributed by atoms with Crippen molar-refractivity contribution in [3.8, 4) is 5.75 Å². The Morgan fingerprint density at radius 1 is 1.19 bits per heavy atom. The summed E-state index contributed by atoms with van der Waals surface area (Å²) >= 11 is 3.32. The predicted octanol–water partition coefficient (Wildman–Crippen LogP) is 4.74. The number of thioether (sulfide) groups is 2. The summed E-state index contributed by atoms with van der Waals surface area (Å²) in [6.07, 6.45) is 4.80. The summed E-state index contributed by atoms with van der Waals surface area (Å²) in [5.41, 5.74) is 3.24. The number of imidazole rings is 1. The first kappa shape index (κ1) is 19.8. The van der Waals surface area contributed by atoms with Crippen molar-refractivity contribution >= 4 is 40.3 Å². The molecule has 4 nitrogen and oxygen atoms in total. The lowest BCUT2D eigenvalue weighted by atomic mass is 10.1. The molecular weight excluding hydrogens is 376 g/mol. The van der Waals surface area contributed by atoms with E-state index >= 15 is 0 Å². The highest BCUT2D eigenvalue weighted by atomic mass is 32.2. The average Bonchev–Trinajstić information content (AvgIpc) is 3.00. The van der Waals surface area contributed by atoms with Crippen LogP contribution in [0.5, 0.6) is 5.75 Å². The SMILES string of the molecule is CSc1ccc2nc(COc3ccc(CC(SC)C(C)=O)cc3)n(C)c2c1. The molecule has 0 aliphatic carbocycles. The molecule has 3 aromatic rings. The van der Waals surface area contributed by atoms with Gasteiger partial charge in [0.15, 0.2) is 0 Å². The number of benzene rings is 2. The maximum atomic E-state index is 11.6. The van der Waals surface area contributed by atoms with E-state index < -0.39 is 0 Å². The van der Waals surface area contributed by atoms with E-state index in [0.29, 0.717) is 6.61 Å². The number of fused-ring (bicyclic) bond motifs is 1. The first-order chi connectivity index (χ1) is 13.0. The highest BCUT2D eigenvalue weighted by Gasteiger charge is 2.13. The first-order valence-electron chi connectivity index (χ1n) is 8.76. The van der Waals surface area contributed by atoms with Crippen LogP contribution in [0.15, 0.2) is 47.4 Å². The van der Waals surface area contributed by atoms with Gasteiger partial charge in [-0.3, -0.25) is 4.79 Å². The van der Waals surface area contributed by atoms with Crippen LogP contribution in [0.25, 0.3) is 11.0 Å². The Kier molecular flexibility index (Phi) is 6.50. The number of hydrogen-bond donors (Lipinski definition) is 0. The molecule has 0 fully saturated rings. The molecule has 3 rings (SSSR count). The summed E-state index contributed by atoms with van der Waals surface area (Å²) in [4.78, 5) is 17.5. The molecule has 1 heterocycles. The second kappa shape index (κ2) is 8.85. The number of aryl methyl sites for hydroxylation is 1. The van der Waals surface area contributed by atoms with Crippen molar-refractivity contribution in [3.63, 3.8) is 0 Å². The molecule has 142 valence electrons. The molecule has 0 aliphatic rings. The van der Waals surface area contributed by atoms with Crippen molar-refractivity contribution in [2.24, 2.45) is 7.05 Å². The Morgan fingerprint density at radius 2 is 1.93 bits per heavy atom. The molecule has 1 aromatic heterocycles. The number of ether oxygens (including phenoxy) is 1. The van der Waals surface area contributed by atoms with Gasteiger partial charge in [0.05, 0.1) is 16.3 Å². The van der Waals surface area contributed by atoms with Crippen molar-refractivity contribution < 1.29 is 9.53 Å². The van der Waals surface area contributed by atoms with Crippen LogP contribution in [0.1, 0.15) is 18.3 Å². The van der Waals surface area contributed by atoms with Crippen LogP contribution in [0.3, 0.4) is 0 Å². The smallest absolute Gasteiger partial charge is 0.147 e. The van der Waals surface area contributed by atoms with Crippen molar-refractivity contribution in [1.82, 2.24) is 9.55 Å². The molecule has 0 saturated carbocycles. The quantitative estimate of drug-likeness (QED) is 0.511. The first-order valence-corrected chi connectivity index (χ1v) is 11.3. The van der Waals surface area contributed by atoms with E-state index in [2.05, 4.69) is 34.0 Å². The van der Waals surface area contributed by atoms with Gasteiger partial charge < -0.3 is 9.30 Å². The number of hydrogen-bond acceptors (Lipinski definition) is 5. The molecule has 1 atom stereocenters. The molecule has 0 N–H and O–H groups in total. The monoisotopic (exact) mass is 400 g/mol. The molecular formula is C21H24N2O2S2. The van der Waals surface area contributed by atoms with Crippen molar-refractivity contribution in [2.75, 3.05) is 12.5 Å². The number of Topliss-reactive ketones (excluding diaryl/α,β-unsaturated/α-hetero) is 1. The Hall–Kier alpha value is -1.92. The molecule has 0 spiro atoms. The van der Waals surface area contributed by atoms with Gasteiger partial charge in [0.2, 0.25) is 0 Å². The minimum Gasteiger partial charge on any atom is -0.486 e. The van der Waals surface area contributed by atoms with Gasteiger partial charge in [-0.2, -0.15) is 11.8 Å². The lowest BCUT2D eigenvalue weighted by molar-refractivity contribution is -0.116. The maximum Gasteiger partial charge on any atom is 0.147 e. The third kappa shape index (κ3) is 4.68. The molecule has 1 unspecified atom stereocenters. The number of carbonyl (C=O) groups is 1. The van der Waals surface area contributed by atoms with E-state index in [0.717, 1.165) is 34.6 Å². The normalized spacial score (nSPS) is 12.3. The molecule has 27 heavy (non-hydrogen) atoms. The zero-order valence-corrected chi connectivity index (χ0v) is 17.7. The van der Waals surface area contributed by atoms with Crippen molar-refractivity contribution in [3.05, 3.63) is 53.9 Å². The number of aromatic nitrogens is 2. The van der Waals surface area contributed by atoms with Crippen LogP contribution >= 0.6 is 23.5 Å². The summed E-state index contributed by atoms with van der Waals surface area (Å²) < 4.78 is 8.01. The topological polar surface area (TPSA) is 44.1 Å².